The fourth-order valence-electron chi connectivity index (χ4n) is 2.04. The van der Waals surface area contributed by atoms with Gasteiger partial charge in [-0.15, -0.1) is 0 Å². The van der Waals surface area contributed by atoms with E-state index in [0.717, 1.165) is 22.5 Å². The fraction of sp³-hybridized carbons (Fsp3) is 0.125. The lowest BCUT2D eigenvalue weighted by molar-refractivity contribution is 0.333. The van der Waals surface area contributed by atoms with Crippen LogP contribution in [0.3, 0.4) is 0 Å². The first kappa shape index (κ1) is 13.6. The minimum atomic E-state index is 0.236. The maximum absolute atomic E-state index is 5.94. The van der Waals surface area contributed by atoms with Crippen molar-refractivity contribution in [2.24, 2.45) is 0 Å². The standard InChI is InChI=1S/C16H14ClN3O/c17-16-19-14-9-5-4-8-13(14)15(20-16)18-10-11-21-12-6-2-1-3-7-12/h1-9H,10-11H2,(H,18,19,20). The number of rotatable bonds is 5. The maximum atomic E-state index is 5.94. The molecule has 1 heterocycles. The van der Waals surface area contributed by atoms with Crippen molar-refractivity contribution in [3.63, 3.8) is 0 Å². The molecule has 0 bridgehead atoms. The van der Waals surface area contributed by atoms with Crippen LogP contribution in [0.25, 0.3) is 10.9 Å². The van der Waals surface area contributed by atoms with Gasteiger partial charge in [-0.1, -0.05) is 30.3 Å². The number of benzene rings is 2. The van der Waals surface area contributed by atoms with E-state index >= 15 is 0 Å². The van der Waals surface area contributed by atoms with E-state index in [9.17, 15) is 0 Å². The first-order chi connectivity index (χ1) is 10.3. The maximum Gasteiger partial charge on any atom is 0.224 e. The van der Waals surface area contributed by atoms with E-state index in [-0.39, 0.29) is 5.28 Å². The van der Waals surface area contributed by atoms with E-state index in [1.807, 2.05) is 54.6 Å². The summed E-state index contributed by atoms with van der Waals surface area (Å²) in [6.07, 6.45) is 0. The predicted molar refractivity (Wildman–Crippen MR) is 85.0 cm³/mol. The van der Waals surface area contributed by atoms with Crippen LogP contribution in [0.5, 0.6) is 5.75 Å². The monoisotopic (exact) mass is 299 g/mol. The molecule has 0 saturated carbocycles. The van der Waals surface area contributed by atoms with Gasteiger partial charge in [0, 0.05) is 5.39 Å². The lowest BCUT2D eigenvalue weighted by Crippen LogP contribution is -2.12. The van der Waals surface area contributed by atoms with Crippen LogP contribution in [0.1, 0.15) is 0 Å². The number of anilines is 1. The second-order valence-electron chi connectivity index (χ2n) is 4.45. The highest BCUT2D eigenvalue weighted by Gasteiger charge is 2.05. The smallest absolute Gasteiger partial charge is 0.224 e. The molecule has 0 spiro atoms. The lowest BCUT2D eigenvalue weighted by atomic mass is 10.2. The molecule has 0 saturated heterocycles. The van der Waals surface area contributed by atoms with Gasteiger partial charge in [0.1, 0.15) is 18.2 Å². The quantitative estimate of drug-likeness (QED) is 0.575. The van der Waals surface area contributed by atoms with Gasteiger partial charge in [-0.25, -0.2) is 9.97 Å². The highest BCUT2D eigenvalue weighted by molar-refractivity contribution is 6.28. The van der Waals surface area contributed by atoms with Gasteiger partial charge in [0.15, 0.2) is 0 Å². The summed E-state index contributed by atoms with van der Waals surface area (Å²) in [5.74, 6) is 1.58. The molecule has 0 radical (unpaired) electrons. The van der Waals surface area contributed by atoms with Crippen LogP contribution in [0.2, 0.25) is 5.28 Å². The topological polar surface area (TPSA) is 47.0 Å². The Kier molecular flexibility index (Phi) is 4.17. The number of hydrogen-bond donors (Lipinski definition) is 1. The number of para-hydroxylation sites is 2. The summed E-state index contributed by atoms with van der Waals surface area (Å²) in [5, 5.41) is 4.42. The van der Waals surface area contributed by atoms with Gasteiger partial charge in [0.05, 0.1) is 12.1 Å². The second-order valence-corrected chi connectivity index (χ2v) is 4.78. The van der Waals surface area contributed by atoms with Crippen molar-refractivity contribution in [1.29, 1.82) is 0 Å². The Morgan fingerprint density at radius 2 is 1.71 bits per heavy atom. The molecule has 2 aromatic carbocycles. The van der Waals surface area contributed by atoms with Crippen molar-refractivity contribution in [2.75, 3.05) is 18.5 Å². The van der Waals surface area contributed by atoms with Gasteiger partial charge in [-0.2, -0.15) is 0 Å². The predicted octanol–water partition coefficient (Wildman–Crippen LogP) is 3.77. The number of nitrogens with one attached hydrogen (secondary N) is 1. The molecule has 1 aromatic heterocycles. The normalized spacial score (nSPS) is 10.5. The number of halogens is 1. The number of fused-ring (bicyclic) bond motifs is 1. The average molecular weight is 300 g/mol. The Bertz CT molecular complexity index is 734. The second kappa shape index (κ2) is 6.41. The van der Waals surface area contributed by atoms with Crippen molar-refractivity contribution in [3.05, 3.63) is 59.9 Å². The van der Waals surface area contributed by atoms with E-state index in [2.05, 4.69) is 15.3 Å². The van der Waals surface area contributed by atoms with E-state index in [1.54, 1.807) is 0 Å². The fourth-order valence-corrected chi connectivity index (χ4v) is 2.21. The Morgan fingerprint density at radius 1 is 0.952 bits per heavy atom. The zero-order chi connectivity index (χ0) is 14.5. The van der Waals surface area contributed by atoms with Crippen molar-refractivity contribution >= 4 is 28.3 Å². The van der Waals surface area contributed by atoms with E-state index in [4.69, 9.17) is 16.3 Å². The molecule has 3 aromatic rings. The summed E-state index contributed by atoms with van der Waals surface area (Å²) in [4.78, 5) is 8.43. The summed E-state index contributed by atoms with van der Waals surface area (Å²) in [7, 11) is 0. The molecule has 5 heteroatoms. The minimum Gasteiger partial charge on any atom is -0.492 e. The molecule has 0 unspecified atom stereocenters. The zero-order valence-electron chi connectivity index (χ0n) is 11.3. The van der Waals surface area contributed by atoms with Crippen LogP contribution in [0.4, 0.5) is 5.82 Å². The van der Waals surface area contributed by atoms with Gasteiger partial charge < -0.3 is 10.1 Å². The van der Waals surface area contributed by atoms with E-state index in [1.165, 1.54) is 0 Å². The number of nitrogens with zero attached hydrogens (tertiary/aromatic N) is 2. The van der Waals surface area contributed by atoms with Crippen molar-refractivity contribution < 1.29 is 4.74 Å². The van der Waals surface area contributed by atoms with Gasteiger partial charge >= 0.3 is 0 Å². The van der Waals surface area contributed by atoms with E-state index < -0.39 is 0 Å². The van der Waals surface area contributed by atoms with Crippen LogP contribution in [-0.2, 0) is 0 Å². The molecule has 0 aliphatic carbocycles. The van der Waals surface area contributed by atoms with Gasteiger partial charge in [0.25, 0.3) is 0 Å². The van der Waals surface area contributed by atoms with Crippen LogP contribution in [0, 0.1) is 0 Å². The molecule has 3 rings (SSSR count). The first-order valence-corrected chi connectivity index (χ1v) is 7.05. The molecule has 0 aliphatic rings. The first-order valence-electron chi connectivity index (χ1n) is 6.67. The Hall–Kier alpha value is -2.33. The zero-order valence-corrected chi connectivity index (χ0v) is 12.0. The minimum absolute atomic E-state index is 0.236. The third kappa shape index (κ3) is 3.41. The molecule has 0 atom stereocenters. The molecular formula is C16H14ClN3O. The van der Waals surface area contributed by atoms with Crippen LogP contribution in [-0.4, -0.2) is 23.1 Å². The summed E-state index contributed by atoms with van der Waals surface area (Å²) < 4.78 is 5.63. The SMILES string of the molecule is Clc1nc(NCCOc2ccccc2)c2ccccc2n1. The third-order valence-corrected chi connectivity index (χ3v) is 3.15. The lowest BCUT2D eigenvalue weighted by Gasteiger charge is -2.10. The summed E-state index contributed by atoms with van der Waals surface area (Å²) in [6, 6.07) is 17.5. The van der Waals surface area contributed by atoms with Crippen molar-refractivity contribution in [1.82, 2.24) is 9.97 Å². The Labute approximate surface area is 127 Å². The van der Waals surface area contributed by atoms with Crippen LogP contribution < -0.4 is 10.1 Å². The van der Waals surface area contributed by atoms with Crippen LogP contribution >= 0.6 is 11.6 Å². The summed E-state index contributed by atoms with van der Waals surface area (Å²) in [5.41, 5.74) is 0.823. The molecular weight excluding hydrogens is 286 g/mol. The van der Waals surface area contributed by atoms with Crippen molar-refractivity contribution in [2.45, 2.75) is 0 Å². The van der Waals surface area contributed by atoms with E-state index in [0.29, 0.717) is 13.2 Å². The molecule has 21 heavy (non-hydrogen) atoms. The highest BCUT2D eigenvalue weighted by Crippen LogP contribution is 2.21. The highest BCUT2D eigenvalue weighted by atomic mass is 35.5. The molecule has 0 aliphatic heterocycles. The number of ether oxygens (including phenoxy) is 1. The van der Waals surface area contributed by atoms with Gasteiger partial charge in [-0.3, -0.25) is 0 Å². The Morgan fingerprint density at radius 3 is 2.57 bits per heavy atom. The number of aromatic nitrogens is 2. The summed E-state index contributed by atoms with van der Waals surface area (Å²) >= 11 is 5.94. The molecule has 4 nitrogen and oxygen atoms in total. The Balaban J connectivity index is 1.65. The molecule has 0 amide bonds. The molecule has 0 fully saturated rings. The van der Waals surface area contributed by atoms with Crippen molar-refractivity contribution in [3.8, 4) is 5.75 Å². The largest absolute Gasteiger partial charge is 0.492 e. The van der Waals surface area contributed by atoms with Gasteiger partial charge in [0.2, 0.25) is 5.28 Å². The molecule has 1 N–H and O–H groups in total. The number of hydrogen-bond acceptors (Lipinski definition) is 4. The summed E-state index contributed by atoms with van der Waals surface area (Å²) in [6.45, 7) is 1.17. The molecule has 106 valence electrons. The third-order valence-electron chi connectivity index (χ3n) is 2.98. The van der Waals surface area contributed by atoms with Crippen LogP contribution in [0.15, 0.2) is 54.6 Å². The average Bonchev–Trinajstić information content (AvgIpc) is 2.52. The van der Waals surface area contributed by atoms with Gasteiger partial charge in [-0.05, 0) is 35.9 Å².